The molecule has 24 heteroatoms. The normalized spacial score (nSPS) is 54.7. The van der Waals surface area contributed by atoms with E-state index in [1.807, 2.05) is 0 Å². The highest BCUT2D eigenvalue weighted by atomic mass is 16.8. The largest absolute Gasteiger partial charge is 0.394 e. The maximum absolute atomic E-state index is 11.2. The lowest BCUT2D eigenvalue weighted by Gasteiger charge is -2.49. The molecule has 0 aromatic rings. The van der Waals surface area contributed by atoms with Gasteiger partial charge in [0.1, 0.15) is 110 Å². The van der Waals surface area contributed by atoms with E-state index >= 15 is 0 Å². The summed E-state index contributed by atoms with van der Waals surface area (Å²) in [6.07, 6.45) is -42.6. The number of ether oxygens (including phenoxy) is 9. The highest BCUT2D eigenvalue weighted by Gasteiger charge is 2.56. The average Bonchev–Trinajstić information content (AvgIpc) is 3.15. The maximum atomic E-state index is 11.2. The van der Waals surface area contributed by atoms with E-state index in [1.165, 1.54) is 13.8 Å². The standard InChI is InChI=1S/C30H52O24/c1-6-11(34)13(36)17(40)27(46-6)54-25-21(44)24(9(4-32)48-26(25)45)53-30-20(43)16(39)23(10(5-33)50-30)52-28-19(42)15(38)22(7(2)47-28)51-29-18(41)14(37)12(35)8(3-31)49-29/h6-45H,3-5H2,1-2H3/t6-,7-,8+,9+,10+,11-,12+,13+,14-,15-,16+,17+,18+,19+,20+,21-,22-,23+,24+,25+,26+,27-,28-,29-,30-/m0/s1. The van der Waals surface area contributed by atoms with E-state index in [1.54, 1.807) is 0 Å². The van der Waals surface area contributed by atoms with Crippen LogP contribution in [0.5, 0.6) is 0 Å². The molecule has 25 atom stereocenters. The van der Waals surface area contributed by atoms with E-state index in [0.717, 1.165) is 0 Å². The Morgan fingerprint density at radius 2 is 0.704 bits per heavy atom. The van der Waals surface area contributed by atoms with Crippen molar-refractivity contribution >= 4 is 0 Å². The quantitative estimate of drug-likeness (QED) is 0.0923. The zero-order chi connectivity index (χ0) is 39.9. The van der Waals surface area contributed by atoms with Crippen LogP contribution in [-0.4, -0.2) is 250 Å². The van der Waals surface area contributed by atoms with Gasteiger partial charge in [-0.15, -0.1) is 0 Å². The van der Waals surface area contributed by atoms with Gasteiger partial charge in [-0.3, -0.25) is 0 Å². The van der Waals surface area contributed by atoms with Gasteiger partial charge in [-0.05, 0) is 13.8 Å². The van der Waals surface area contributed by atoms with Crippen LogP contribution in [0, 0.1) is 0 Å². The van der Waals surface area contributed by atoms with Crippen LogP contribution in [0.3, 0.4) is 0 Å². The summed E-state index contributed by atoms with van der Waals surface area (Å²) in [5.41, 5.74) is 0. The lowest BCUT2D eigenvalue weighted by molar-refractivity contribution is -0.393. The second kappa shape index (κ2) is 18.3. The average molecular weight is 797 g/mol. The van der Waals surface area contributed by atoms with Gasteiger partial charge in [-0.2, -0.15) is 0 Å². The Morgan fingerprint density at radius 3 is 1.24 bits per heavy atom. The summed E-state index contributed by atoms with van der Waals surface area (Å²) in [6, 6.07) is 0. The number of rotatable bonds is 11. The topological polar surface area (TPSA) is 387 Å². The van der Waals surface area contributed by atoms with Gasteiger partial charge in [0, 0.05) is 0 Å². The van der Waals surface area contributed by atoms with Crippen LogP contribution >= 0.6 is 0 Å². The molecule has 316 valence electrons. The Bertz CT molecular complexity index is 1170. The smallest absolute Gasteiger partial charge is 0.187 e. The Kier molecular flexibility index (Phi) is 15.0. The van der Waals surface area contributed by atoms with Gasteiger partial charge in [0.25, 0.3) is 0 Å². The molecule has 5 saturated heterocycles. The Labute approximate surface area is 306 Å². The molecule has 0 radical (unpaired) electrons. The monoisotopic (exact) mass is 796 g/mol. The first-order valence-electron chi connectivity index (χ1n) is 17.3. The summed E-state index contributed by atoms with van der Waals surface area (Å²) in [7, 11) is 0. The fourth-order valence-corrected chi connectivity index (χ4v) is 6.94. The van der Waals surface area contributed by atoms with Gasteiger partial charge >= 0.3 is 0 Å². The molecule has 0 aromatic carbocycles. The molecular weight excluding hydrogens is 744 g/mol. The first kappa shape index (κ1) is 44.1. The van der Waals surface area contributed by atoms with Crippen molar-refractivity contribution < 1.29 is 119 Å². The third kappa shape index (κ3) is 8.72. The van der Waals surface area contributed by atoms with E-state index in [2.05, 4.69) is 0 Å². The molecule has 5 rings (SSSR count). The molecule has 24 nitrogen and oxygen atoms in total. The van der Waals surface area contributed by atoms with Crippen molar-refractivity contribution in [2.24, 2.45) is 0 Å². The Balaban J connectivity index is 1.23. The van der Waals surface area contributed by atoms with E-state index in [9.17, 15) is 76.6 Å². The number of hydrogen-bond donors (Lipinski definition) is 15. The molecule has 5 aliphatic rings. The number of aliphatic hydroxyl groups is 15. The van der Waals surface area contributed by atoms with Crippen molar-refractivity contribution in [3.63, 3.8) is 0 Å². The lowest BCUT2D eigenvalue weighted by atomic mass is 9.95. The Hall–Kier alpha value is -0.960. The van der Waals surface area contributed by atoms with Crippen molar-refractivity contribution in [3.8, 4) is 0 Å². The number of hydrogen-bond acceptors (Lipinski definition) is 24. The maximum Gasteiger partial charge on any atom is 0.187 e. The first-order valence-corrected chi connectivity index (χ1v) is 17.3. The molecule has 0 bridgehead atoms. The first-order chi connectivity index (χ1) is 25.4. The predicted molar refractivity (Wildman–Crippen MR) is 164 cm³/mol. The minimum absolute atomic E-state index is 0.758. The molecule has 5 fully saturated rings. The van der Waals surface area contributed by atoms with Crippen LogP contribution in [0.25, 0.3) is 0 Å². The van der Waals surface area contributed by atoms with E-state index in [-0.39, 0.29) is 0 Å². The molecule has 0 aromatic heterocycles. The summed E-state index contributed by atoms with van der Waals surface area (Å²) >= 11 is 0. The fourth-order valence-electron chi connectivity index (χ4n) is 6.94. The van der Waals surface area contributed by atoms with Crippen molar-refractivity contribution in [1.82, 2.24) is 0 Å². The molecule has 5 aliphatic heterocycles. The summed E-state index contributed by atoms with van der Waals surface area (Å²) in [4.78, 5) is 0. The lowest BCUT2D eigenvalue weighted by Crippen LogP contribution is -2.67. The molecule has 5 heterocycles. The third-order valence-electron chi connectivity index (χ3n) is 10.2. The molecule has 15 N–H and O–H groups in total. The zero-order valence-electron chi connectivity index (χ0n) is 28.9. The molecule has 54 heavy (non-hydrogen) atoms. The van der Waals surface area contributed by atoms with Crippen LogP contribution in [0.2, 0.25) is 0 Å². The van der Waals surface area contributed by atoms with Crippen molar-refractivity contribution in [1.29, 1.82) is 0 Å². The van der Waals surface area contributed by atoms with Gasteiger partial charge in [0.2, 0.25) is 0 Å². The van der Waals surface area contributed by atoms with E-state index < -0.39 is 173 Å². The molecular formula is C30H52O24. The zero-order valence-corrected chi connectivity index (χ0v) is 28.9. The van der Waals surface area contributed by atoms with Gasteiger partial charge in [0.15, 0.2) is 31.5 Å². The number of aliphatic hydroxyl groups excluding tert-OH is 15. The Morgan fingerprint density at radius 1 is 0.333 bits per heavy atom. The van der Waals surface area contributed by atoms with Crippen LogP contribution in [0.4, 0.5) is 0 Å². The van der Waals surface area contributed by atoms with Gasteiger partial charge in [-0.25, -0.2) is 0 Å². The van der Waals surface area contributed by atoms with Crippen LogP contribution < -0.4 is 0 Å². The second-order valence-electron chi connectivity index (χ2n) is 13.9. The molecule has 0 spiro atoms. The minimum atomic E-state index is -2.05. The van der Waals surface area contributed by atoms with E-state index in [0.29, 0.717) is 0 Å². The summed E-state index contributed by atoms with van der Waals surface area (Å²) in [5.74, 6) is 0. The van der Waals surface area contributed by atoms with Crippen molar-refractivity contribution in [2.75, 3.05) is 19.8 Å². The second-order valence-corrected chi connectivity index (χ2v) is 13.9. The molecule has 0 aliphatic carbocycles. The highest BCUT2D eigenvalue weighted by Crippen LogP contribution is 2.35. The minimum Gasteiger partial charge on any atom is -0.394 e. The third-order valence-corrected chi connectivity index (χ3v) is 10.2. The van der Waals surface area contributed by atoms with Crippen LogP contribution in [0.15, 0.2) is 0 Å². The highest BCUT2D eigenvalue weighted by molar-refractivity contribution is 4.98. The summed E-state index contributed by atoms with van der Waals surface area (Å²) in [6.45, 7) is 0.158. The predicted octanol–water partition coefficient (Wildman–Crippen LogP) is -9.87. The van der Waals surface area contributed by atoms with Crippen molar-refractivity contribution in [3.05, 3.63) is 0 Å². The van der Waals surface area contributed by atoms with Gasteiger partial charge in [0.05, 0.1) is 32.0 Å². The summed E-state index contributed by atoms with van der Waals surface area (Å²) < 4.78 is 49.7. The van der Waals surface area contributed by atoms with Gasteiger partial charge in [-0.1, -0.05) is 0 Å². The van der Waals surface area contributed by atoms with Crippen LogP contribution in [0.1, 0.15) is 13.8 Å². The SMILES string of the molecule is C[C@@H]1O[C@@H](O[C@@H]2[C@@H](O)[C@H](O[C@@H]3O[C@H](CO)[C@@H](O[C@@H]4O[C@@H](C)[C@H](O[C@@H]5O[C@H](CO)[C@@H](O)[C@H](O)[C@H]5O)[C@@H](O)[C@H]4O)[C@H](O)[C@H]3O)[C@@H](CO)O[C@H]2O)[C@H](O)[C@H](O)[C@H]1O. The molecule has 0 saturated carbocycles. The van der Waals surface area contributed by atoms with E-state index in [4.69, 9.17) is 42.6 Å². The summed E-state index contributed by atoms with van der Waals surface area (Å²) in [5, 5.41) is 156. The van der Waals surface area contributed by atoms with Gasteiger partial charge < -0.3 is 119 Å². The molecule has 0 unspecified atom stereocenters. The fraction of sp³-hybridized carbons (Fsp3) is 1.00. The van der Waals surface area contributed by atoms with Crippen molar-refractivity contribution in [2.45, 2.75) is 167 Å². The molecule has 0 amide bonds. The van der Waals surface area contributed by atoms with Crippen LogP contribution in [-0.2, 0) is 42.6 Å².